The van der Waals surface area contributed by atoms with Crippen molar-refractivity contribution in [2.24, 2.45) is 0 Å². The van der Waals surface area contributed by atoms with Crippen LogP contribution in [0.4, 0.5) is 13.2 Å². The molecule has 20 heavy (non-hydrogen) atoms. The summed E-state index contributed by atoms with van der Waals surface area (Å²) in [6, 6.07) is 5.03. The molecule has 0 saturated carbocycles. The number of nitrogens with zero attached hydrogens (tertiary/aromatic N) is 1. The van der Waals surface area contributed by atoms with Crippen LogP contribution in [0.1, 0.15) is 11.1 Å². The van der Waals surface area contributed by atoms with Crippen molar-refractivity contribution in [2.45, 2.75) is 11.1 Å². The Morgan fingerprint density at radius 1 is 1.20 bits per heavy atom. The van der Waals surface area contributed by atoms with Crippen molar-refractivity contribution in [3.63, 3.8) is 0 Å². The van der Waals surface area contributed by atoms with Crippen molar-refractivity contribution in [3.8, 4) is 0 Å². The number of hydrogen-bond donors (Lipinski definition) is 0. The number of benzene rings is 1. The van der Waals surface area contributed by atoms with Gasteiger partial charge in [-0.1, -0.05) is 6.07 Å². The topological polar surface area (TPSA) is 39.1 Å². The fraction of sp³-hybridized carbons (Fsp3) is 0.0833. The highest BCUT2D eigenvalue weighted by Crippen LogP contribution is 2.31. The van der Waals surface area contributed by atoms with Gasteiger partial charge in [0.05, 0.1) is 10.5 Å². The van der Waals surface area contributed by atoms with E-state index in [1.807, 2.05) is 0 Å². The predicted octanol–water partition coefficient (Wildman–Crippen LogP) is 3.69. The number of halogens is 4. The van der Waals surface area contributed by atoms with Gasteiger partial charge in [0, 0.05) is 6.20 Å². The molecule has 0 unspecified atom stereocenters. The average molecular weight is 367 g/mol. The third-order valence-corrected chi connectivity index (χ3v) is 5.03. The SMILES string of the molecule is [CH2]c1cc(Br)n(S(=O)(=O)c2cccc(C(F)(F)F)c2)c1. The van der Waals surface area contributed by atoms with Crippen LogP contribution in [-0.4, -0.2) is 12.4 Å². The molecule has 0 N–H and O–H groups in total. The highest BCUT2D eigenvalue weighted by molar-refractivity contribution is 9.10. The van der Waals surface area contributed by atoms with E-state index in [1.54, 1.807) is 0 Å². The molecule has 0 saturated heterocycles. The third kappa shape index (κ3) is 2.76. The van der Waals surface area contributed by atoms with Gasteiger partial charge in [-0.3, -0.25) is 0 Å². The first-order chi connectivity index (χ1) is 9.12. The summed E-state index contributed by atoms with van der Waals surface area (Å²) in [7, 11) is -4.10. The van der Waals surface area contributed by atoms with Gasteiger partial charge in [-0.15, -0.1) is 0 Å². The van der Waals surface area contributed by atoms with Crippen LogP contribution in [0.5, 0.6) is 0 Å². The molecule has 107 valence electrons. The lowest BCUT2D eigenvalue weighted by molar-refractivity contribution is -0.137. The summed E-state index contributed by atoms with van der Waals surface area (Å²) in [5, 5.41) is 0. The summed E-state index contributed by atoms with van der Waals surface area (Å²) in [5.41, 5.74) is -0.593. The lowest BCUT2D eigenvalue weighted by atomic mass is 10.2. The Bertz CT molecular complexity index is 750. The molecule has 0 aliphatic carbocycles. The number of rotatable bonds is 2. The minimum atomic E-state index is -4.60. The lowest BCUT2D eigenvalue weighted by Crippen LogP contribution is -2.14. The van der Waals surface area contributed by atoms with E-state index < -0.39 is 26.7 Å². The first kappa shape index (κ1) is 15.1. The van der Waals surface area contributed by atoms with E-state index in [0.717, 1.165) is 22.2 Å². The smallest absolute Gasteiger partial charge is 0.235 e. The zero-order chi connectivity index (χ0) is 15.1. The van der Waals surface area contributed by atoms with Gasteiger partial charge in [0.1, 0.15) is 4.60 Å². The van der Waals surface area contributed by atoms with E-state index in [-0.39, 0.29) is 4.60 Å². The van der Waals surface area contributed by atoms with Crippen LogP contribution in [0.25, 0.3) is 0 Å². The van der Waals surface area contributed by atoms with Crippen LogP contribution in [0.3, 0.4) is 0 Å². The van der Waals surface area contributed by atoms with Gasteiger partial charge < -0.3 is 0 Å². The molecule has 0 amide bonds. The molecule has 0 aliphatic heterocycles. The Morgan fingerprint density at radius 3 is 2.35 bits per heavy atom. The second-order valence-electron chi connectivity index (χ2n) is 4.00. The number of alkyl halides is 3. The highest BCUT2D eigenvalue weighted by atomic mass is 79.9. The standard InChI is InChI=1S/C12H8BrF3NO2S/c1-8-5-11(13)17(7-8)20(18,19)10-4-2-3-9(6-10)12(14,15)16/h2-7H,1H2. The van der Waals surface area contributed by atoms with Crippen LogP contribution >= 0.6 is 15.9 Å². The molecule has 1 aromatic heterocycles. The van der Waals surface area contributed by atoms with Crippen LogP contribution in [0.2, 0.25) is 0 Å². The normalized spacial score (nSPS) is 12.7. The zero-order valence-corrected chi connectivity index (χ0v) is 12.3. The number of hydrogen-bond acceptors (Lipinski definition) is 2. The van der Waals surface area contributed by atoms with Crippen molar-refractivity contribution in [2.75, 3.05) is 0 Å². The van der Waals surface area contributed by atoms with E-state index >= 15 is 0 Å². The molecule has 1 aromatic carbocycles. The van der Waals surface area contributed by atoms with Gasteiger partial charge in [-0.2, -0.15) is 13.2 Å². The van der Waals surface area contributed by atoms with Crippen LogP contribution in [0.15, 0.2) is 46.0 Å². The molecular formula is C12H8BrF3NO2S. The first-order valence-electron chi connectivity index (χ1n) is 5.25. The fourth-order valence-corrected chi connectivity index (χ4v) is 3.88. The summed E-state index contributed by atoms with van der Waals surface area (Å²) in [5.74, 6) is 0. The summed E-state index contributed by atoms with van der Waals surface area (Å²) >= 11 is 3.03. The third-order valence-electron chi connectivity index (χ3n) is 2.52. The average Bonchev–Trinajstić information content (AvgIpc) is 2.68. The molecule has 0 bridgehead atoms. The van der Waals surface area contributed by atoms with Crippen molar-refractivity contribution in [3.05, 3.63) is 59.2 Å². The Morgan fingerprint density at radius 2 is 1.85 bits per heavy atom. The monoisotopic (exact) mass is 366 g/mol. The summed E-state index contributed by atoms with van der Waals surface area (Å²) in [6.07, 6.45) is -3.38. The van der Waals surface area contributed by atoms with Gasteiger partial charge in [-0.05, 0) is 52.7 Å². The fourth-order valence-electron chi connectivity index (χ4n) is 1.60. The van der Waals surface area contributed by atoms with E-state index in [0.29, 0.717) is 11.6 Å². The van der Waals surface area contributed by atoms with Crippen molar-refractivity contribution in [1.29, 1.82) is 0 Å². The molecule has 0 spiro atoms. The van der Waals surface area contributed by atoms with E-state index in [4.69, 9.17) is 0 Å². The van der Waals surface area contributed by atoms with Crippen molar-refractivity contribution >= 4 is 26.0 Å². The maximum atomic E-state index is 12.6. The van der Waals surface area contributed by atoms with Crippen LogP contribution < -0.4 is 0 Å². The zero-order valence-electron chi connectivity index (χ0n) is 9.86. The lowest BCUT2D eigenvalue weighted by Gasteiger charge is -2.10. The van der Waals surface area contributed by atoms with Gasteiger partial charge in [0.15, 0.2) is 0 Å². The molecule has 3 nitrogen and oxygen atoms in total. The summed E-state index contributed by atoms with van der Waals surface area (Å²) < 4.78 is 63.5. The van der Waals surface area contributed by atoms with Crippen LogP contribution in [0, 0.1) is 6.92 Å². The maximum absolute atomic E-state index is 12.6. The van der Waals surface area contributed by atoms with E-state index in [2.05, 4.69) is 22.9 Å². The van der Waals surface area contributed by atoms with Crippen molar-refractivity contribution in [1.82, 2.24) is 3.97 Å². The molecule has 1 heterocycles. The molecule has 1 radical (unpaired) electrons. The summed E-state index contributed by atoms with van der Waals surface area (Å²) in [6.45, 7) is 3.57. The molecule has 0 fully saturated rings. The quantitative estimate of drug-likeness (QED) is 0.812. The molecule has 2 rings (SSSR count). The Kier molecular flexibility index (Phi) is 3.72. The molecule has 2 aromatic rings. The van der Waals surface area contributed by atoms with Crippen LogP contribution in [-0.2, 0) is 16.2 Å². The second kappa shape index (κ2) is 4.92. The summed E-state index contributed by atoms with van der Waals surface area (Å²) in [4.78, 5) is -0.441. The van der Waals surface area contributed by atoms with Crippen molar-refractivity contribution < 1.29 is 21.6 Å². The molecular weight excluding hydrogens is 359 g/mol. The molecule has 0 aliphatic rings. The van der Waals surface area contributed by atoms with Gasteiger partial charge in [0.2, 0.25) is 0 Å². The predicted molar refractivity (Wildman–Crippen MR) is 70.6 cm³/mol. The first-order valence-corrected chi connectivity index (χ1v) is 7.48. The van der Waals surface area contributed by atoms with Gasteiger partial charge in [0.25, 0.3) is 10.0 Å². The Labute approximate surface area is 122 Å². The maximum Gasteiger partial charge on any atom is 0.416 e. The number of aromatic nitrogens is 1. The minimum Gasteiger partial charge on any atom is -0.235 e. The molecule has 8 heteroatoms. The van der Waals surface area contributed by atoms with E-state index in [1.165, 1.54) is 12.3 Å². The second-order valence-corrected chi connectivity index (χ2v) is 6.62. The largest absolute Gasteiger partial charge is 0.416 e. The Hall–Kier alpha value is -1.28. The van der Waals surface area contributed by atoms with Gasteiger partial charge >= 0.3 is 6.18 Å². The minimum absolute atomic E-state index is 0.194. The molecule has 0 atom stereocenters. The highest BCUT2D eigenvalue weighted by Gasteiger charge is 2.32. The Balaban J connectivity index is 2.59. The van der Waals surface area contributed by atoms with E-state index in [9.17, 15) is 21.6 Å². The van der Waals surface area contributed by atoms with Gasteiger partial charge in [-0.25, -0.2) is 12.4 Å².